The Morgan fingerprint density at radius 2 is 0.447 bits per heavy atom. The summed E-state index contributed by atoms with van der Waals surface area (Å²) >= 11 is 0. The SMILES string of the molecule is Cn1cc(NC(=O)c2cccc(C(=O)Nc3cc(C(=O)Nc4cc(C(=O)Nc5ccc(S(=O)(=O)O)c6cc(S(=O)(=O)O)ccc56)n(C)c4)n(C)c3)c2C(=O)Nc2cc(C(=O)Nc3cc(C(=O)Nc4ccc(S(=O)(=O)O)c5cc(S(=O)(=O)O)ccc45)n(C)c3)n(C)c2)cc1C(=O)Nc1cc(C(=O)Nc2ccc(S(=O)(=O)O)c3cc(S(=O)(=O)O)ccc23)n(C)c1. The number of amides is 9. The van der Waals surface area contributed by atoms with E-state index in [2.05, 4.69) is 47.9 Å². The van der Waals surface area contributed by atoms with Crippen molar-refractivity contribution in [2.24, 2.45) is 42.3 Å². The first-order valence-electron chi connectivity index (χ1n) is 34.9. The van der Waals surface area contributed by atoms with Crippen molar-refractivity contribution < 1.29 is 121 Å². The number of hydrogen-bond acceptors (Lipinski definition) is 21. The molecule has 7 aromatic carbocycles. The Kier molecular flexibility index (Phi) is 22.5. The molecule has 636 valence electrons. The summed E-state index contributed by atoms with van der Waals surface area (Å²) in [5.74, 6) is -8.18. The molecule has 0 aliphatic heterocycles. The Bertz CT molecular complexity index is 7290. The Morgan fingerprint density at radius 1 is 0.236 bits per heavy atom. The molecule has 0 unspecified atom stereocenters. The molecule has 48 heteroatoms. The second kappa shape index (κ2) is 32.0. The smallest absolute Gasteiger partial charge is 0.295 e. The number of benzene rings is 7. The van der Waals surface area contributed by atoms with Gasteiger partial charge in [0.15, 0.2) is 0 Å². The third-order valence-electron chi connectivity index (χ3n) is 19.1. The monoisotopic (exact) mass is 1800 g/mol. The van der Waals surface area contributed by atoms with E-state index in [1.165, 1.54) is 161 Å². The average Bonchev–Trinajstić information content (AvgIpc) is 1.57. The predicted octanol–water partition coefficient (Wildman–Crippen LogP) is 7.93. The van der Waals surface area contributed by atoms with Crippen LogP contribution in [0.5, 0.6) is 0 Å². The molecule has 0 spiro atoms. The Morgan fingerprint density at radius 3 is 0.667 bits per heavy atom. The highest BCUT2D eigenvalue weighted by molar-refractivity contribution is 7.87. The van der Waals surface area contributed by atoms with Crippen LogP contribution in [0.4, 0.5) is 51.2 Å². The van der Waals surface area contributed by atoms with E-state index >= 15 is 4.79 Å². The minimum atomic E-state index is -4.98. The zero-order valence-electron chi connectivity index (χ0n) is 63.7. The lowest BCUT2D eigenvalue weighted by molar-refractivity contribution is 0.0977. The van der Waals surface area contributed by atoms with Gasteiger partial charge in [-0.1, -0.05) is 24.3 Å². The van der Waals surface area contributed by atoms with Gasteiger partial charge in [-0.2, -0.15) is 50.5 Å². The van der Waals surface area contributed by atoms with Crippen molar-refractivity contribution in [3.8, 4) is 0 Å². The summed E-state index contributed by atoms with van der Waals surface area (Å²) in [7, 11) is -21.0. The summed E-state index contributed by atoms with van der Waals surface area (Å²) < 4.78 is 212. The van der Waals surface area contributed by atoms with Crippen molar-refractivity contribution in [1.29, 1.82) is 0 Å². The maximum Gasteiger partial charge on any atom is 0.295 e. The van der Waals surface area contributed by atoms with Crippen LogP contribution in [0.2, 0.25) is 0 Å². The normalized spacial score (nSPS) is 12.1. The van der Waals surface area contributed by atoms with E-state index in [1.54, 1.807) is 0 Å². The second-order valence-corrected chi connectivity index (χ2v) is 35.9. The number of aryl methyl sites for hydroxylation is 6. The van der Waals surface area contributed by atoms with Crippen LogP contribution in [0.15, 0.2) is 212 Å². The number of rotatable bonds is 24. The molecule has 0 saturated heterocycles. The highest BCUT2D eigenvalue weighted by atomic mass is 32.2. The standard InChI is InChI=1S/C75H63N15O27S6/c1-85-31-37(22-57(85)69(93)78-39-24-60(88(4)33-39)72(96)82-54-16-19-63(121(109,110)111)51-28-43(118(100,101)102)10-13-46(51)54)76-67(91)49-8-7-9-50(68(92)77-38-23-58(86(2)32-38)70(94)79-40-25-61(89(5)34-40)73(97)83-55-17-20-64(122(112,113)114)52-29-44(119(103,104)105)11-14-47(52)55)66(49)75(99)81-42-27-59(87(3)36-42)71(95)80-41-26-62(90(6)35-41)74(98)84-56-18-21-65(123(115,116)117)53-30-45(120(106,107)108)12-15-48(53)56/h7-36H,1-6H3,(H,76,91)(H,77,92)(H,78,93)(H,79,94)(H,80,95)(H,81,99)(H,82,96)(H,83,97)(H,84,98)(H,100,101,102)(H,103,104,105)(H,106,107,108)(H,109,110,111)(H,112,113,114)(H,115,116,117). The summed E-state index contributed by atoms with van der Waals surface area (Å²) in [6.07, 6.45) is 7.95. The van der Waals surface area contributed by atoms with Crippen molar-refractivity contribution in [1.82, 2.24) is 27.4 Å². The zero-order valence-corrected chi connectivity index (χ0v) is 68.6. The maximum atomic E-state index is 15.0. The number of aromatic nitrogens is 6. The number of hydrogen-bond donors (Lipinski definition) is 15. The lowest BCUT2D eigenvalue weighted by Crippen LogP contribution is -2.25. The van der Waals surface area contributed by atoms with Gasteiger partial charge in [0, 0.05) is 129 Å². The van der Waals surface area contributed by atoms with E-state index in [1.807, 2.05) is 0 Å². The first-order chi connectivity index (χ1) is 57.4. The molecule has 0 saturated carbocycles. The number of nitrogens with one attached hydrogen (secondary N) is 9. The van der Waals surface area contributed by atoms with Crippen molar-refractivity contribution in [3.05, 3.63) is 234 Å². The fraction of sp³-hybridized carbons (Fsp3) is 0.0800. The molecule has 0 aliphatic rings. The summed E-state index contributed by atoms with van der Waals surface area (Å²) in [6, 6.07) is 25.5. The number of fused-ring (bicyclic) bond motifs is 3. The van der Waals surface area contributed by atoms with Crippen LogP contribution in [-0.2, 0) is 103 Å². The van der Waals surface area contributed by atoms with Gasteiger partial charge < -0.3 is 75.3 Å². The zero-order chi connectivity index (χ0) is 89.6. The lowest BCUT2D eigenvalue weighted by atomic mass is 9.98. The average molecular weight is 1800 g/mol. The van der Waals surface area contributed by atoms with Crippen LogP contribution < -0.4 is 47.9 Å². The summed E-state index contributed by atoms with van der Waals surface area (Å²) in [6.45, 7) is 0. The number of carbonyl (C=O) groups is 9. The maximum absolute atomic E-state index is 15.0. The second-order valence-electron chi connectivity index (χ2n) is 27.5. The van der Waals surface area contributed by atoms with Gasteiger partial charge in [-0.15, -0.1) is 0 Å². The van der Waals surface area contributed by atoms with Gasteiger partial charge in [0.1, 0.15) is 48.9 Å². The van der Waals surface area contributed by atoms with Crippen LogP contribution in [0.1, 0.15) is 94.0 Å². The third kappa shape index (κ3) is 18.1. The van der Waals surface area contributed by atoms with Gasteiger partial charge in [-0.05, 0) is 121 Å². The van der Waals surface area contributed by atoms with Crippen LogP contribution in [0.3, 0.4) is 0 Å². The molecular formula is C75H63N15O27S6. The van der Waals surface area contributed by atoms with Gasteiger partial charge in [0.2, 0.25) is 0 Å². The molecule has 0 aliphatic carbocycles. The molecule has 13 aromatic rings. The van der Waals surface area contributed by atoms with Crippen LogP contribution in [0.25, 0.3) is 32.3 Å². The molecule has 0 radical (unpaired) electrons. The fourth-order valence-corrected chi connectivity index (χ4v) is 17.0. The van der Waals surface area contributed by atoms with E-state index in [9.17, 15) is 116 Å². The summed E-state index contributed by atoms with van der Waals surface area (Å²) in [4.78, 5) is 124. The molecule has 6 heterocycles. The predicted molar refractivity (Wildman–Crippen MR) is 441 cm³/mol. The lowest BCUT2D eigenvalue weighted by Gasteiger charge is -2.14. The Hall–Kier alpha value is -14.3. The Labute approximate surface area is 694 Å². The molecule has 15 N–H and O–H groups in total. The topological polar surface area (TPSA) is 618 Å². The number of nitrogens with zero attached hydrogens (tertiary/aromatic N) is 6. The van der Waals surface area contributed by atoms with E-state index in [-0.39, 0.29) is 118 Å². The quantitative estimate of drug-likeness (QED) is 0.0255. The molecule has 0 bridgehead atoms. The first-order valence-corrected chi connectivity index (χ1v) is 43.5. The molecule has 42 nitrogen and oxygen atoms in total. The molecule has 6 aromatic heterocycles. The molecule has 123 heavy (non-hydrogen) atoms. The number of carbonyl (C=O) groups excluding carboxylic acids is 9. The van der Waals surface area contributed by atoms with E-state index < -0.39 is 160 Å². The molecule has 0 atom stereocenters. The largest absolute Gasteiger partial charge is 0.344 e. The molecule has 13 rings (SSSR count). The van der Waals surface area contributed by atoms with Gasteiger partial charge in [-0.3, -0.25) is 70.5 Å². The van der Waals surface area contributed by atoms with Crippen molar-refractivity contribution >= 4 is 197 Å². The Balaban J connectivity index is 0.743. The van der Waals surface area contributed by atoms with Crippen LogP contribution >= 0.6 is 0 Å². The van der Waals surface area contributed by atoms with Crippen LogP contribution in [-0.4, -0.2) is 158 Å². The summed E-state index contributed by atoms with van der Waals surface area (Å²) in [5, 5.41) is 22.2. The number of anilines is 9. The van der Waals surface area contributed by atoms with Crippen LogP contribution in [0, 0.1) is 0 Å². The van der Waals surface area contributed by atoms with Gasteiger partial charge in [0.25, 0.3) is 114 Å². The van der Waals surface area contributed by atoms with Crippen molar-refractivity contribution in [3.63, 3.8) is 0 Å². The van der Waals surface area contributed by atoms with Gasteiger partial charge in [0.05, 0.1) is 65.5 Å². The van der Waals surface area contributed by atoms with Gasteiger partial charge >= 0.3 is 0 Å². The van der Waals surface area contributed by atoms with E-state index in [4.69, 9.17) is 0 Å². The molecular weight excluding hydrogens is 1740 g/mol. The summed E-state index contributed by atoms with van der Waals surface area (Å²) in [5.41, 5.74) is -2.49. The fourth-order valence-electron chi connectivity index (χ4n) is 13.4. The molecule has 0 fully saturated rings. The third-order valence-corrected chi connectivity index (χ3v) is 24.4. The van der Waals surface area contributed by atoms with Crippen molar-refractivity contribution in [2.45, 2.75) is 29.4 Å². The minimum absolute atomic E-state index is 0.0298. The highest BCUT2D eigenvalue weighted by Gasteiger charge is 2.31. The van der Waals surface area contributed by atoms with Gasteiger partial charge in [-0.25, -0.2) is 0 Å². The first kappa shape index (κ1) is 86.5. The molecule has 9 amide bonds. The minimum Gasteiger partial charge on any atom is -0.344 e. The van der Waals surface area contributed by atoms with E-state index in [0.717, 1.165) is 91.0 Å². The van der Waals surface area contributed by atoms with Crippen molar-refractivity contribution in [2.75, 3.05) is 47.9 Å². The highest BCUT2D eigenvalue weighted by Crippen LogP contribution is 2.37. The van der Waals surface area contributed by atoms with E-state index in [0.29, 0.717) is 0 Å².